The molecule has 3 atom stereocenters. The van der Waals surface area contributed by atoms with E-state index >= 15 is 0 Å². The van der Waals surface area contributed by atoms with Crippen molar-refractivity contribution < 1.29 is 19.2 Å². The topological polar surface area (TPSA) is 133 Å². The second-order valence-corrected chi connectivity index (χ2v) is 10.4. The Morgan fingerprint density at radius 1 is 1.14 bits per heavy atom. The Hall–Kier alpha value is -4.05. The van der Waals surface area contributed by atoms with Crippen LogP contribution in [0.25, 0.3) is 21.1 Å². The summed E-state index contributed by atoms with van der Waals surface area (Å²) < 4.78 is 0.865. The Labute approximate surface area is 217 Å². The number of para-hydroxylation sites is 1. The Balaban J connectivity index is 1.31. The Morgan fingerprint density at radius 3 is 2.68 bits per heavy atom. The highest BCUT2D eigenvalue weighted by Gasteiger charge is 2.34. The summed E-state index contributed by atoms with van der Waals surface area (Å²) in [4.78, 5) is 59.1. The molecule has 1 aliphatic heterocycles. The molecule has 3 heterocycles. The molecular weight excluding hydrogens is 490 g/mol. The largest absolute Gasteiger partial charge is 0.356 e. The number of nitrogens with zero attached hydrogens (tertiary/aromatic N) is 1. The van der Waals surface area contributed by atoms with Crippen molar-refractivity contribution in [3.63, 3.8) is 0 Å². The number of fused-ring (bicyclic) bond motifs is 2. The molecule has 2 aromatic carbocycles. The van der Waals surface area contributed by atoms with Crippen molar-refractivity contribution in [3.05, 3.63) is 64.8 Å². The number of aryl methyl sites for hydroxylation is 1. The van der Waals surface area contributed by atoms with Gasteiger partial charge in [0.2, 0.25) is 17.6 Å². The summed E-state index contributed by atoms with van der Waals surface area (Å²) in [7, 11) is 0. The smallest absolute Gasteiger partial charge is 0.268 e. The van der Waals surface area contributed by atoms with E-state index in [1.165, 1.54) is 11.3 Å². The first-order chi connectivity index (χ1) is 17.8. The SMILES string of the molecule is Cc1cccc2[nH]c(C(=O)N[C@@H](C)C(=O)N[C@@H](C[C@@H]3CCNC3=O)C(=O)c3nc4ccccc4s3)cc12. The molecule has 0 unspecified atom stereocenters. The highest BCUT2D eigenvalue weighted by molar-refractivity contribution is 7.20. The minimum absolute atomic E-state index is 0.133. The molecule has 0 aliphatic carbocycles. The lowest BCUT2D eigenvalue weighted by molar-refractivity contribution is -0.125. The maximum absolute atomic E-state index is 13.5. The average molecular weight is 518 g/mol. The van der Waals surface area contributed by atoms with Gasteiger partial charge in [-0.25, -0.2) is 4.98 Å². The van der Waals surface area contributed by atoms with Crippen LogP contribution < -0.4 is 16.0 Å². The number of hydrogen-bond acceptors (Lipinski definition) is 6. The maximum Gasteiger partial charge on any atom is 0.268 e. The molecule has 5 rings (SSSR count). The molecule has 2 aromatic heterocycles. The van der Waals surface area contributed by atoms with Gasteiger partial charge in [-0.3, -0.25) is 19.2 Å². The molecule has 9 nitrogen and oxygen atoms in total. The normalized spacial score (nSPS) is 16.9. The van der Waals surface area contributed by atoms with Crippen LogP contribution in [-0.4, -0.2) is 52.1 Å². The van der Waals surface area contributed by atoms with Crippen molar-refractivity contribution in [1.82, 2.24) is 25.9 Å². The molecule has 37 heavy (non-hydrogen) atoms. The van der Waals surface area contributed by atoms with Gasteiger partial charge in [-0.15, -0.1) is 11.3 Å². The third-order valence-corrected chi connectivity index (χ3v) is 7.74. The predicted molar refractivity (Wildman–Crippen MR) is 142 cm³/mol. The molecule has 0 radical (unpaired) electrons. The zero-order valence-corrected chi connectivity index (χ0v) is 21.3. The molecule has 10 heteroatoms. The van der Waals surface area contributed by atoms with Crippen molar-refractivity contribution in [2.24, 2.45) is 5.92 Å². The van der Waals surface area contributed by atoms with Gasteiger partial charge in [-0.1, -0.05) is 24.3 Å². The number of hydrogen-bond donors (Lipinski definition) is 4. The van der Waals surface area contributed by atoms with Crippen LogP contribution >= 0.6 is 11.3 Å². The van der Waals surface area contributed by atoms with E-state index in [0.29, 0.717) is 24.2 Å². The number of carbonyl (C=O) groups excluding carboxylic acids is 4. The quantitative estimate of drug-likeness (QED) is 0.267. The minimum Gasteiger partial charge on any atom is -0.356 e. The molecule has 190 valence electrons. The fourth-order valence-corrected chi connectivity index (χ4v) is 5.54. The number of aromatic nitrogens is 2. The van der Waals surface area contributed by atoms with Crippen LogP contribution in [0.2, 0.25) is 0 Å². The summed E-state index contributed by atoms with van der Waals surface area (Å²) >= 11 is 1.25. The van der Waals surface area contributed by atoms with Gasteiger partial charge in [0.15, 0.2) is 5.01 Å². The number of Topliss-reactive ketones (excluding diaryl/α,β-unsaturated/α-hetero) is 1. The van der Waals surface area contributed by atoms with Gasteiger partial charge < -0.3 is 20.9 Å². The van der Waals surface area contributed by atoms with E-state index in [4.69, 9.17) is 0 Å². The van der Waals surface area contributed by atoms with E-state index in [1.807, 2.05) is 49.4 Å². The summed E-state index contributed by atoms with van der Waals surface area (Å²) in [6.45, 7) is 4.06. The number of nitrogens with one attached hydrogen (secondary N) is 4. The zero-order chi connectivity index (χ0) is 26.1. The predicted octanol–water partition coefficient (Wildman–Crippen LogP) is 3.10. The first-order valence-corrected chi connectivity index (χ1v) is 13.0. The van der Waals surface area contributed by atoms with Crippen LogP contribution in [-0.2, 0) is 9.59 Å². The number of rotatable bonds is 8. The van der Waals surface area contributed by atoms with Gasteiger partial charge >= 0.3 is 0 Å². The lowest BCUT2D eigenvalue weighted by Crippen LogP contribution is -2.51. The zero-order valence-electron chi connectivity index (χ0n) is 20.5. The Bertz CT molecular complexity index is 1490. The third kappa shape index (κ3) is 5.10. The second kappa shape index (κ2) is 10.1. The van der Waals surface area contributed by atoms with Gasteiger partial charge in [-0.2, -0.15) is 0 Å². The molecule has 3 amide bonds. The third-order valence-electron chi connectivity index (χ3n) is 6.69. The monoisotopic (exact) mass is 517 g/mol. The van der Waals surface area contributed by atoms with Crippen molar-refractivity contribution in [2.75, 3.05) is 6.54 Å². The van der Waals surface area contributed by atoms with Crippen LogP contribution in [0.5, 0.6) is 0 Å². The number of carbonyl (C=O) groups is 4. The van der Waals surface area contributed by atoms with Gasteiger partial charge in [0.1, 0.15) is 11.7 Å². The maximum atomic E-state index is 13.5. The van der Waals surface area contributed by atoms with Crippen LogP contribution in [0.4, 0.5) is 0 Å². The van der Waals surface area contributed by atoms with Crippen LogP contribution in [0.3, 0.4) is 0 Å². The second-order valence-electron chi connectivity index (χ2n) is 9.34. The van der Waals surface area contributed by atoms with Crippen LogP contribution in [0.15, 0.2) is 48.5 Å². The van der Waals surface area contributed by atoms with Gasteiger partial charge in [0, 0.05) is 23.4 Å². The highest BCUT2D eigenvalue weighted by Crippen LogP contribution is 2.25. The van der Waals surface area contributed by atoms with Crippen molar-refractivity contribution in [3.8, 4) is 0 Å². The van der Waals surface area contributed by atoms with E-state index in [0.717, 1.165) is 21.2 Å². The first kappa shape index (κ1) is 24.6. The van der Waals surface area contributed by atoms with E-state index in [-0.39, 0.29) is 29.0 Å². The minimum atomic E-state index is -0.947. The Kier molecular flexibility index (Phi) is 6.75. The summed E-state index contributed by atoms with van der Waals surface area (Å²) in [6, 6.07) is 13.1. The number of thiazole rings is 1. The molecule has 1 aliphatic rings. The molecule has 1 fully saturated rings. The highest BCUT2D eigenvalue weighted by atomic mass is 32.1. The fraction of sp³-hybridized carbons (Fsp3) is 0.296. The van der Waals surface area contributed by atoms with Crippen LogP contribution in [0.1, 0.15) is 45.6 Å². The standard InChI is InChI=1S/C27H27N5O4S/c1-14-6-5-8-18-17(14)13-21(30-18)26(36)29-15(2)24(34)31-20(12-16-10-11-28-25(16)35)23(33)27-32-19-7-3-4-9-22(19)37-27/h3-9,13,15-16,20,30H,10-12H2,1-2H3,(H,28,35)(H,29,36)(H,31,34)/t15-,16-,20-/m0/s1. The molecule has 0 spiro atoms. The molecule has 0 bridgehead atoms. The summed E-state index contributed by atoms with van der Waals surface area (Å²) in [5, 5.41) is 9.45. The molecule has 4 aromatic rings. The number of amides is 3. The summed E-state index contributed by atoms with van der Waals surface area (Å²) in [5.41, 5.74) is 2.91. The van der Waals surface area contributed by atoms with Crippen molar-refractivity contribution >= 4 is 56.0 Å². The molecule has 1 saturated heterocycles. The van der Waals surface area contributed by atoms with E-state index in [9.17, 15) is 19.2 Å². The summed E-state index contributed by atoms with van der Waals surface area (Å²) in [5.74, 6) is -1.81. The molecule has 4 N–H and O–H groups in total. The average Bonchev–Trinajstić information content (AvgIpc) is 3.61. The fourth-order valence-electron chi connectivity index (χ4n) is 4.58. The lowest BCUT2D eigenvalue weighted by atomic mass is 9.95. The molecular formula is C27H27N5O4S. The van der Waals surface area contributed by atoms with Gasteiger partial charge in [0.25, 0.3) is 5.91 Å². The van der Waals surface area contributed by atoms with Gasteiger partial charge in [0.05, 0.1) is 16.3 Å². The van der Waals surface area contributed by atoms with Crippen molar-refractivity contribution in [1.29, 1.82) is 0 Å². The van der Waals surface area contributed by atoms with Crippen LogP contribution in [0, 0.1) is 12.8 Å². The number of H-pyrrole nitrogens is 1. The number of ketones is 1. The van der Waals surface area contributed by atoms with E-state index in [2.05, 4.69) is 25.9 Å². The molecule has 0 saturated carbocycles. The summed E-state index contributed by atoms with van der Waals surface area (Å²) in [6.07, 6.45) is 0.749. The lowest BCUT2D eigenvalue weighted by Gasteiger charge is -2.21. The van der Waals surface area contributed by atoms with E-state index in [1.54, 1.807) is 13.0 Å². The first-order valence-electron chi connectivity index (χ1n) is 12.2. The number of aromatic amines is 1. The van der Waals surface area contributed by atoms with Crippen molar-refractivity contribution in [2.45, 2.75) is 38.8 Å². The number of benzene rings is 2. The Morgan fingerprint density at radius 2 is 1.95 bits per heavy atom. The van der Waals surface area contributed by atoms with Gasteiger partial charge in [-0.05, 0) is 56.5 Å². The van der Waals surface area contributed by atoms with E-state index < -0.39 is 23.9 Å².